The van der Waals surface area contributed by atoms with E-state index in [2.05, 4.69) is 34.3 Å². The first-order valence-corrected chi connectivity index (χ1v) is 9.42. The second-order valence-corrected chi connectivity index (χ2v) is 7.50. The molecule has 2 saturated heterocycles. The Labute approximate surface area is 150 Å². The molecule has 0 radical (unpaired) electrons. The highest BCUT2D eigenvalue weighted by atomic mass is 16.3. The first-order valence-electron chi connectivity index (χ1n) is 9.42. The molecule has 0 bridgehead atoms. The second-order valence-electron chi connectivity index (χ2n) is 7.50. The van der Waals surface area contributed by atoms with Crippen molar-refractivity contribution >= 4 is 6.03 Å². The number of nitrogens with zero attached hydrogens (tertiary/aromatic N) is 3. The number of aromatic nitrogens is 1. The van der Waals surface area contributed by atoms with Crippen LogP contribution in [0, 0.1) is 5.92 Å². The predicted octanol–water partition coefficient (Wildman–Crippen LogP) is 2.02. The van der Waals surface area contributed by atoms with Crippen LogP contribution in [0.25, 0.3) is 0 Å². The molecule has 25 heavy (non-hydrogen) atoms. The third-order valence-electron chi connectivity index (χ3n) is 5.80. The van der Waals surface area contributed by atoms with Crippen molar-refractivity contribution in [3.8, 4) is 0 Å². The van der Waals surface area contributed by atoms with E-state index in [9.17, 15) is 9.90 Å². The van der Waals surface area contributed by atoms with Crippen LogP contribution < -0.4 is 5.32 Å². The van der Waals surface area contributed by atoms with Gasteiger partial charge in [-0.05, 0) is 49.8 Å². The number of carbonyl (C=O) groups excluding carboxylic acids is 1. The normalized spacial score (nSPS) is 27.1. The van der Waals surface area contributed by atoms with Crippen LogP contribution in [0.1, 0.15) is 44.7 Å². The van der Waals surface area contributed by atoms with Gasteiger partial charge in [-0.3, -0.25) is 9.88 Å². The molecule has 6 heteroatoms. The zero-order valence-corrected chi connectivity index (χ0v) is 15.3. The van der Waals surface area contributed by atoms with E-state index >= 15 is 0 Å². The lowest BCUT2D eigenvalue weighted by Gasteiger charge is -2.38. The molecule has 0 aliphatic carbocycles. The van der Waals surface area contributed by atoms with Crippen LogP contribution in [-0.4, -0.2) is 64.2 Å². The SMILES string of the molecule is CC1CCN(C(=O)NC2CCN(C(C)c3ccncc3)CC2)CC1O. The summed E-state index contributed by atoms with van der Waals surface area (Å²) in [6.07, 6.45) is 6.08. The number of carbonyl (C=O) groups is 1. The van der Waals surface area contributed by atoms with Gasteiger partial charge in [0.15, 0.2) is 0 Å². The third kappa shape index (κ3) is 4.50. The lowest BCUT2D eigenvalue weighted by molar-refractivity contribution is 0.0421. The summed E-state index contributed by atoms with van der Waals surface area (Å²) in [4.78, 5) is 20.7. The van der Waals surface area contributed by atoms with Gasteiger partial charge in [-0.1, -0.05) is 6.92 Å². The number of rotatable bonds is 3. The molecule has 2 amide bonds. The maximum Gasteiger partial charge on any atom is 0.317 e. The van der Waals surface area contributed by atoms with Gasteiger partial charge in [0.1, 0.15) is 0 Å². The number of nitrogens with one attached hydrogen (secondary N) is 1. The predicted molar refractivity (Wildman–Crippen MR) is 97.1 cm³/mol. The topological polar surface area (TPSA) is 68.7 Å². The molecule has 1 aromatic heterocycles. The molecule has 0 aromatic carbocycles. The molecule has 0 saturated carbocycles. The largest absolute Gasteiger partial charge is 0.391 e. The van der Waals surface area contributed by atoms with Crippen LogP contribution in [0.4, 0.5) is 4.79 Å². The number of urea groups is 1. The number of aliphatic hydroxyl groups is 1. The summed E-state index contributed by atoms with van der Waals surface area (Å²) in [5.41, 5.74) is 1.29. The van der Waals surface area contributed by atoms with E-state index in [0.717, 1.165) is 38.9 Å². The lowest BCUT2D eigenvalue weighted by Crippen LogP contribution is -2.53. The quantitative estimate of drug-likeness (QED) is 0.879. The average Bonchev–Trinajstić information content (AvgIpc) is 2.64. The van der Waals surface area contributed by atoms with E-state index in [1.54, 1.807) is 4.90 Å². The van der Waals surface area contributed by atoms with Crippen molar-refractivity contribution in [3.63, 3.8) is 0 Å². The number of piperidine rings is 2. The summed E-state index contributed by atoms with van der Waals surface area (Å²) < 4.78 is 0. The molecule has 2 N–H and O–H groups in total. The number of aliphatic hydroxyl groups excluding tert-OH is 1. The van der Waals surface area contributed by atoms with Crippen molar-refractivity contribution in [1.29, 1.82) is 0 Å². The fourth-order valence-electron chi connectivity index (χ4n) is 3.78. The number of hydrogen-bond acceptors (Lipinski definition) is 4. The summed E-state index contributed by atoms with van der Waals surface area (Å²) in [5, 5.41) is 13.1. The molecule has 1 aromatic rings. The van der Waals surface area contributed by atoms with E-state index in [0.29, 0.717) is 12.6 Å². The zero-order valence-electron chi connectivity index (χ0n) is 15.3. The van der Waals surface area contributed by atoms with Crippen LogP contribution >= 0.6 is 0 Å². The van der Waals surface area contributed by atoms with Crippen molar-refractivity contribution < 1.29 is 9.90 Å². The first kappa shape index (κ1) is 18.1. The van der Waals surface area contributed by atoms with E-state index in [-0.39, 0.29) is 18.0 Å². The van der Waals surface area contributed by atoms with E-state index < -0.39 is 6.10 Å². The van der Waals surface area contributed by atoms with Crippen LogP contribution in [0.3, 0.4) is 0 Å². The van der Waals surface area contributed by atoms with Gasteiger partial charge in [0.2, 0.25) is 0 Å². The lowest BCUT2D eigenvalue weighted by atomic mass is 9.96. The molecule has 2 fully saturated rings. The Morgan fingerprint density at radius 1 is 1.24 bits per heavy atom. The second kappa shape index (κ2) is 8.15. The smallest absolute Gasteiger partial charge is 0.317 e. The summed E-state index contributed by atoms with van der Waals surface area (Å²) in [6, 6.07) is 4.72. The molecule has 2 aliphatic rings. The van der Waals surface area contributed by atoms with Gasteiger partial charge in [0, 0.05) is 50.7 Å². The molecule has 3 unspecified atom stereocenters. The Balaban J connectivity index is 1.45. The number of likely N-dealkylation sites (tertiary alicyclic amines) is 2. The van der Waals surface area contributed by atoms with Gasteiger partial charge in [0.05, 0.1) is 6.10 Å². The standard InChI is InChI=1S/C19H30N4O2/c1-14-5-10-23(13-18(14)24)19(25)21-17-6-11-22(12-7-17)15(2)16-3-8-20-9-4-16/h3-4,8-9,14-15,17-18,24H,5-7,10-13H2,1-2H3,(H,21,25). The summed E-state index contributed by atoms with van der Waals surface area (Å²) in [5.74, 6) is 0.280. The minimum absolute atomic E-state index is 0.0217. The van der Waals surface area contributed by atoms with E-state index in [1.807, 2.05) is 19.3 Å². The van der Waals surface area contributed by atoms with Gasteiger partial charge < -0.3 is 15.3 Å². The van der Waals surface area contributed by atoms with Crippen molar-refractivity contribution in [3.05, 3.63) is 30.1 Å². The molecule has 6 nitrogen and oxygen atoms in total. The molecule has 3 heterocycles. The van der Waals surface area contributed by atoms with E-state index in [1.165, 1.54) is 5.56 Å². The summed E-state index contributed by atoms with van der Waals surface area (Å²) in [7, 11) is 0. The van der Waals surface area contributed by atoms with Gasteiger partial charge in [-0.25, -0.2) is 4.79 Å². The average molecular weight is 346 g/mol. The van der Waals surface area contributed by atoms with Gasteiger partial charge >= 0.3 is 6.03 Å². The van der Waals surface area contributed by atoms with Crippen LogP contribution in [0.15, 0.2) is 24.5 Å². The maximum absolute atomic E-state index is 12.4. The summed E-state index contributed by atoms with van der Waals surface area (Å²) in [6.45, 7) is 7.42. The van der Waals surface area contributed by atoms with Gasteiger partial charge in [-0.15, -0.1) is 0 Å². The maximum atomic E-state index is 12.4. The zero-order chi connectivity index (χ0) is 17.8. The van der Waals surface area contributed by atoms with E-state index in [4.69, 9.17) is 0 Å². The minimum atomic E-state index is -0.400. The number of amides is 2. The molecule has 3 rings (SSSR count). The number of hydrogen-bond donors (Lipinski definition) is 2. The molecule has 2 aliphatic heterocycles. The molecule has 3 atom stereocenters. The fourth-order valence-corrected chi connectivity index (χ4v) is 3.78. The van der Waals surface area contributed by atoms with Crippen LogP contribution in [0.2, 0.25) is 0 Å². The van der Waals surface area contributed by atoms with Crippen molar-refractivity contribution in [2.75, 3.05) is 26.2 Å². The summed E-state index contributed by atoms with van der Waals surface area (Å²) >= 11 is 0. The molecule has 138 valence electrons. The Morgan fingerprint density at radius 2 is 1.92 bits per heavy atom. The van der Waals surface area contributed by atoms with Crippen molar-refractivity contribution in [2.45, 2.75) is 51.3 Å². The Hall–Kier alpha value is -1.66. The van der Waals surface area contributed by atoms with Crippen LogP contribution in [0.5, 0.6) is 0 Å². The number of β-amino-alcohol motifs (C(OH)–C–C–N with tert-alkyl or cyclic N) is 1. The highest BCUT2D eigenvalue weighted by molar-refractivity contribution is 5.74. The Kier molecular flexibility index (Phi) is 5.91. The molecular weight excluding hydrogens is 316 g/mol. The highest BCUT2D eigenvalue weighted by Gasteiger charge is 2.30. The van der Waals surface area contributed by atoms with Crippen molar-refractivity contribution in [2.24, 2.45) is 5.92 Å². The van der Waals surface area contributed by atoms with Crippen molar-refractivity contribution in [1.82, 2.24) is 20.1 Å². The van der Waals surface area contributed by atoms with Gasteiger partial charge in [0.25, 0.3) is 0 Å². The fraction of sp³-hybridized carbons (Fsp3) is 0.684. The van der Waals surface area contributed by atoms with Gasteiger partial charge in [-0.2, -0.15) is 0 Å². The third-order valence-corrected chi connectivity index (χ3v) is 5.80. The molecule has 0 spiro atoms. The number of pyridine rings is 1. The molecular formula is C19H30N4O2. The Bertz CT molecular complexity index is 560. The minimum Gasteiger partial charge on any atom is -0.391 e. The first-order chi connectivity index (χ1) is 12.0. The monoisotopic (exact) mass is 346 g/mol. The Morgan fingerprint density at radius 3 is 2.56 bits per heavy atom. The highest BCUT2D eigenvalue weighted by Crippen LogP contribution is 2.24. The van der Waals surface area contributed by atoms with Crippen LogP contribution in [-0.2, 0) is 0 Å².